The summed E-state index contributed by atoms with van der Waals surface area (Å²) in [5.74, 6) is 0.0666. The van der Waals surface area contributed by atoms with E-state index in [1.807, 2.05) is 12.1 Å². The number of benzene rings is 1. The number of piperidine rings is 1. The molecule has 0 amide bonds. The van der Waals surface area contributed by atoms with Crippen molar-refractivity contribution in [2.24, 2.45) is 5.92 Å². The lowest BCUT2D eigenvalue weighted by atomic mass is 9.98. The molecule has 16 heavy (non-hydrogen) atoms. The molecule has 1 aromatic carbocycles. The second-order valence-electron chi connectivity index (χ2n) is 4.34. The van der Waals surface area contributed by atoms with Crippen LogP contribution < -0.4 is 0 Å². The van der Waals surface area contributed by atoms with Crippen LogP contribution in [0.1, 0.15) is 18.4 Å². The van der Waals surface area contributed by atoms with Crippen LogP contribution >= 0.6 is 0 Å². The Morgan fingerprint density at radius 2 is 2.00 bits per heavy atom. The Balaban J connectivity index is 1.92. The van der Waals surface area contributed by atoms with Crippen LogP contribution in [0.25, 0.3) is 0 Å². The maximum Gasteiger partial charge on any atom is 0.127 e. The molecule has 1 saturated heterocycles. The zero-order chi connectivity index (χ0) is 11.4. The minimum absolute atomic E-state index is 0.139. The number of carbonyl (C=O) groups is 1. The minimum atomic E-state index is -0.139. The summed E-state index contributed by atoms with van der Waals surface area (Å²) in [5.41, 5.74) is 0.743. The quantitative estimate of drug-likeness (QED) is 0.729. The topological polar surface area (TPSA) is 20.3 Å². The van der Waals surface area contributed by atoms with Crippen molar-refractivity contribution in [2.75, 3.05) is 13.1 Å². The molecule has 0 N–H and O–H groups in total. The van der Waals surface area contributed by atoms with Gasteiger partial charge in [0.25, 0.3) is 0 Å². The molecule has 1 aromatic rings. The standard InChI is InChI=1S/C13H16FNO/c14-13-4-2-1-3-12(13)9-15-7-5-11(10-16)6-8-15/h1-4,10-11H,5-9H2. The minimum Gasteiger partial charge on any atom is -0.303 e. The Bertz CT molecular complexity index is 359. The van der Waals surface area contributed by atoms with E-state index >= 15 is 0 Å². The van der Waals surface area contributed by atoms with Crippen molar-refractivity contribution in [2.45, 2.75) is 19.4 Å². The average molecular weight is 221 g/mol. The number of halogens is 1. The van der Waals surface area contributed by atoms with Gasteiger partial charge in [-0.25, -0.2) is 4.39 Å². The highest BCUT2D eigenvalue weighted by atomic mass is 19.1. The lowest BCUT2D eigenvalue weighted by Crippen LogP contribution is -2.33. The Morgan fingerprint density at radius 3 is 2.62 bits per heavy atom. The predicted octanol–water partition coefficient (Wildman–Crippen LogP) is 2.24. The first-order valence-electron chi connectivity index (χ1n) is 5.70. The molecular formula is C13H16FNO. The van der Waals surface area contributed by atoms with Gasteiger partial charge in [0.1, 0.15) is 12.1 Å². The van der Waals surface area contributed by atoms with E-state index in [0.717, 1.165) is 37.8 Å². The van der Waals surface area contributed by atoms with Crippen molar-refractivity contribution in [1.82, 2.24) is 4.90 Å². The summed E-state index contributed by atoms with van der Waals surface area (Å²) in [6, 6.07) is 6.88. The average Bonchev–Trinajstić information content (AvgIpc) is 2.33. The largest absolute Gasteiger partial charge is 0.303 e. The van der Waals surface area contributed by atoms with Gasteiger partial charge in [0.2, 0.25) is 0 Å². The molecule has 1 fully saturated rings. The fourth-order valence-corrected chi connectivity index (χ4v) is 2.11. The number of hydrogen-bond acceptors (Lipinski definition) is 2. The third-order valence-electron chi connectivity index (χ3n) is 3.18. The SMILES string of the molecule is O=CC1CCN(Cc2ccccc2F)CC1. The highest BCUT2D eigenvalue weighted by Gasteiger charge is 2.19. The Morgan fingerprint density at radius 1 is 1.31 bits per heavy atom. The molecule has 1 aliphatic heterocycles. The summed E-state index contributed by atoms with van der Waals surface area (Å²) in [4.78, 5) is 12.8. The fraction of sp³-hybridized carbons (Fsp3) is 0.462. The zero-order valence-corrected chi connectivity index (χ0v) is 9.23. The summed E-state index contributed by atoms with van der Waals surface area (Å²) < 4.78 is 13.4. The Labute approximate surface area is 95.1 Å². The van der Waals surface area contributed by atoms with Crippen LogP contribution in [0.15, 0.2) is 24.3 Å². The van der Waals surface area contributed by atoms with Crippen molar-refractivity contribution in [3.8, 4) is 0 Å². The summed E-state index contributed by atoms with van der Waals surface area (Å²) >= 11 is 0. The van der Waals surface area contributed by atoms with E-state index < -0.39 is 0 Å². The lowest BCUT2D eigenvalue weighted by Gasteiger charge is -2.29. The van der Waals surface area contributed by atoms with Crippen LogP contribution in [-0.4, -0.2) is 24.3 Å². The fourth-order valence-electron chi connectivity index (χ4n) is 2.11. The summed E-state index contributed by atoms with van der Waals surface area (Å²) in [6.07, 6.45) is 2.84. The molecule has 0 unspecified atom stereocenters. The smallest absolute Gasteiger partial charge is 0.127 e. The van der Waals surface area contributed by atoms with Crippen molar-refractivity contribution in [3.05, 3.63) is 35.6 Å². The van der Waals surface area contributed by atoms with Gasteiger partial charge in [-0.05, 0) is 32.0 Å². The van der Waals surface area contributed by atoms with Gasteiger partial charge in [-0.1, -0.05) is 18.2 Å². The molecule has 0 bridgehead atoms. The Hall–Kier alpha value is -1.22. The monoisotopic (exact) mass is 221 g/mol. The van der Waals surface area contributed by atoms with Crippen molar-refractivity contribution in [1.29, 1.82) is 0 Å². The Kier molecular flexibility index (Phi) is 3.67. The molecule has 2 nitrogen and oxygen atoms in total. The molecule has 0 saturated carbocycles. The van der Waals surface area contributed by atoms with E-state index in [-0.39, 0.29) is 11.7 Å². The van der Waals surface area contributed by atoms with Crippen LogP contribution in [0.3, 0.4) is 0 Å². The van der Waals surface area contributed by atoms with Gasteiger partial charge in [0.05, 0.1) is 0 Å². The molecular weight excluding hydrogens is 205 g/mol. The number of carbonyl (C=O) groups excluding carboxylic acids is 1. The molecule has 0 spiro atoms. The van der Waals surface area contributed by atoms with E-state index in [2.05, 4.69) is 4.90 Å². The second kappa shape index (κ2) is 5.21. The molecule has 86 valence electrons. The number of aldehydes is 1. The van der Waals surface area contributed by atoms with Crippen LogP contribution in [-0.2, 0) is 11.3 Å². The number of hydrogen-bond donors (Lipinski definition) is 0. The van der Waals surface area contributed by atoms with Crippen LogP contribution in [0.4, 0.5) is 4.39 Å². The lowest BCUT2D eigenvalue weighted by molar-refractivity contribution is -0.112. The molecule has 3 heteroatoms. The molecule has 0 atom stereocenters. The number of nitrogens with zero attached hydrogens (tertiary/aromatic N) is 1. The summed E-state index contributed by atoms with van der Waals surface area (Å²) in [5, 5.41) is 0. The van der Waals surface area contributed by atoms with Gasteiger partial charge in [0.15, 0.2) is 0 Å². The molecule has 0 radical (unpaired) electrons. The van der Waals surface area contributed by atoms with E-state index in [0.29, 0.717) is 6.54 Å². The first-order chi connectivity index (χ1) is 7.79. The van der Waals surface area contributed by atoms with Crippen molar-refractivity contribution < 1.29 is 9.18 Å². The van der Waals surface area contributed by atoms with E-state index in [1.165, 1.54) is 6.07 Å². The van der Waals surface area contributed by atoms with Crippen molar-refractivity contribution in [3.63, 3.8) is 0 Å². The third-order valence-corrected chi connectivity index (χ3v) is 3.18. The van der Waals surface area contributed by atoms with Gasteiger partial charge in [-0.3, -0.25) is 4.90 Å². The molecule has 1 heterocycles. The summed E-state index contributed by atoms with van der Waals surface area (Å²) in [6.45, 7) is 2.42. The number of likely N-dealkylation sites (tertiary alicyclic amines) is 1. The molecule has 1 aliphatic rings. The zero-order valence-electron chi connectivity index (χ0n) is 9.23. The number of rotatable bonds is 3. The van der Waals surface area contributed by atoms with E-state index in [1.54, 1.807) is 6.07 Å². The predicted molar refractivity (Wildman–Crippen MR) is 60.5 cm³/mol. The summed E-state index contributed by atoms with van der Waals surface area (Å²) in [7, 11) is 0. The third kappa shape index (κ3) is 2.67. The second-order valence-corrected chi connectivity index (χ2v) is 4.34. The van der Waals surface area contributed by atoms with Gasteiger partial charge in [0, 0.05) is 18.0 Å². The van der Waals surface area contributed by atoms with Gasteiger partial charge < -0.3 is 4.79 Å². The highest BCUT2D eigenvalue weighted by molar-refractivity contribution is 5.53. The van der Waals surface area contributed by atoms with Crippen molar-refractivity contribution >= 4 is 6.29 Å². The van der Waals surface area contributed by atoms with Gasteiger partial charge in [-0.15, -0.1) is 0 Å². The first-order valence-corrected chi connectivity index (χ1v) is 5.70. The van der Waals surface area contributed by atoms with Crippen LogP contribution in [0.2, 0.25) is 0 Å². The highest BCUT2D eigenvalue weighted by Crippen LogP contribution is 2.18. The van der Waals surface area contributed by atoms with Gasteiger partial charge in [-0.2, -0.15) is 0 Å². The maximum absolute atomic E-state index is 13.4. The first kappa shape index (κ1) is 11.3. The van der Waals surface area contributed by atoms with Crippen LogP contribution in [0.5, 0.6) is 0 Å². The van der Waals surface area contributed by atoms with Crippen LogP contribution in [0, 0.1) is 11.7 Å². The molecule has 0 aromatic heterocycles. The molecule has 2 rings (SSSR count). The van der Waals surface area contributed by atoms with E-state index in [4.69, 9.17) is 0 Å². The van der Waals surface area contributed by atoms with Gasteiger partial charge >= 0.3 is 0 Å². The molecule has 0 aliphatic carbocycles. The maximum atomic E-state index is 13.4. The van der Waals surface area contributed by atoms with E-state index in [9.17, 15) is 9.18 Å². The normalized spacial score (nSPS) is 18.6.